The first-order valence-electron chi connectivity index (χ1n) is 4.19. The summed E-state index contributed by atoms with van der Waals surface area (Å²) in [5.41, 5.74) is 0. The van der Waals surface area contributed by atoms with Gasteiger partial charge in [0.15, 0.2) is 0 Å². The van der Waals surface area contributed by atoms with Crippen LogP contribution in [0.4, 0.5) is 13.2 Å². The number of rotatable bonds is 5. The third-order valence-electron chi connectivity index (χ3n) is 1.48. The Bertz CT molecular complexity index is 114. The molecule has 0 aromatic rings. The molecule has 0 aromatic heterocycles. The predicted octanol–water partition coefficient (Wildman–Crippen LogP) is 3.00. The molecule has 0 spiro atoms. The molecule has 0 unspecified atom stereocenters. The molecule has 0 atom stereocenters. The summed E-state index contributed by atoms with van der Waals surface area (Å²) in [6.45, 7) is 4.81. The molecular formula is C8H17ClF3N. The van der Waals surface area contributed by atoms with E-state index in [4.69, 9.17) is 0 Å². The van der Waals surface area contributed by atoms with Gasteiger partial charge in [0, 0.05) is 6.54 Å². The van der Waals surface area contributed by atoms with Crippen molar-refractivity contribution in [3.05, 3.63) is 0 Å². The van der Waals surface area contributed by atoms with Crippen LogP contribution in [0, 0.1) is 5.92 Å². The van der Waals surface area contributed by atoms with Crippen molar-refractivity contribution < 1.29 is 13.2 Å². The number of hydrogen-bond donors (Lipinski definition) is 1. The first kappa shape index (κ1) is 15.5. The van der Waals surface area contributed by atoms with E-state index >= 15 is 0 Å². The maximum absolute atomic E-state index is 11.6. The van der Waals surface area contributed by atoms with E-state index in [9.17, 15) is 13.2 Å². The van der Waals surface area contributed by atoms with Crippen molar-refractivity contribution in [1.29, 1.82) is 0 Å². The normalized spacial score (nSPS) is 11.5. The minimum atomic E-state index is -4.02. The largest absolute Gasteiger partial charge is 0.390 e. The monoisotopic (exact) mass is 219 g/mol. The summed E-state index contributed by atoms with van der Waals surface area (Å²) in [5, 5.41) is 2.75. The zero-order chi connectivity index (χ0) is 9.61. The van der Waals surface area contributed by atoms with E-state index in [1.54, 1.807) is 0 Å². The minimum Gasteiger partial charge on any atom is -0.316 e. The Morgan fingerprint density at radius 3 is 2.08 bits per heavy atom. The summed E-state index contributed by atoms with van der Waals surface area (Å²) in [6.07, 6.45) is -3.83. The minimum absolute atomic E-state index is 0. The van der Waals surface area contributed by atoms with Crippen molar-refractivity contribution in [3.8, 4) is 0 Å². The lowest BCUT2D eigenvalue weighted by Crippen LogP contribution is -2.23. The van der Waals surface area contributed by atoms with Gasteiger partial charge in [-0.25, -0.2) is 0 Å². The third kappa shape index (κ3) is 14.9. The Labute approximate surface area is 83.5 Å². The van der Waals surface area contributed by atoms with Gasteiger partial charge in [-0.15, -0.1) is 12.4 Å². The van der Waals surface area contributed by atoms with Crippen LogP contribution in [0.25, 0.3) is 0 Å². The van der Waals surface area contributed by atoms with Crippen molar-refractivity contribution in [1.82, 2.24) is 5.32 Å². The average molecular weight is 220 g/mol. The SMILES string of the molecule is CC(C)CCNCCC(F)(F)F.Cl. The summed E-state index contributed by atoms with van der Waals surface area (Å²) < 4.78 is 34.8. The van der Waals surface area contributed by atoms with E-state index in [1.165, 1.54) is 0 Å². The lowest BCUT2D eigenvalue weighted by molar-refractivity contribution is -0.133. The van der Waals surface area contributed by atoms with Crippen LogP contribution >= 0.6 is 12.4 Å². The van der Waals surface area contributed by atoms with Crippen LogP contribution in [0.2, 0.25) is 0 Å². The number of alkyl halides is 3. The Kier molecular flexibility index (Phi) is 8.88. The van der Waals surface area contributed by atoms with E-state index in [0.717, 1.165) is 6.42 Å². The smallest absolute Gasteiger partial charge is 0.316 e. The molecule has 0 aliphatic rings. The second kappa shape index (κ2) is 7.44. The van der Waals surface area contributed by atoms with Crippen molar-refractivity contribution in [2.45, 2.75) is 32.9 Å². The predicted molar refractivity (Wildman–Crippen MR) is 50.2 cm³/mol. The summed E-state index contributed by atoms with van der Waals surface area (Å²) in [4.78, 5) is 0. The Balaban J connectivity index is 0. The number of nitrogens with one attached hydrogen (secondary N) is 1. The van der Waals surface area contributed by atoms with E-state index in [1.807, 2.05) is 13.8 Å². The molecule has 1 N–H and O–H groups in total. The van der Waals surface area contributed by atoms with E-state index in [0.29, 0.717) is 12.5 Å². The molecule has 0 saturated carbocycles. The topological polar surface area (TPSA) is 12.0 Å². The fourth-order valence-corrected chi connectivity index (χ4v) is 0.746. The van der Waals surface area contributed by atoms with Crippen LogP contribution in [-0.4, -0.2) is 19.3 Å². The van der Waals surface area contributed by atoms with Gasteiger partial charge < -0.3 is 5.32 Å². The Morgan fingerprint density at radius 2 is 1.69 bits per heavy atom. The molecule has 0 aliphatic heterocycles. The Morgan fingerprint density at radius 1 is 1.15 bits per heavy atom. The van der Waals surface area contributed by atoms with Crippen molar-refractivity contribution in [2.75, 3.05) is 13.1 Å². The second-order valence-electron chi connectivity index (χ2n) is 3.30. The van der Waals surface area contributed by atoms with Crippen LogP contribution in [-0.2, 0) is 0 Å². The summed E-state index contributed by atoms with van der Waals surface area (Å²) in [5.74, 6) is 0.545. The van der Waals surface area contributed by atoms with Gasteiger partial charge in [-0.2, -0.15) is 13.2 Å². The molecule has 82 valence electrons. The van der Waals surface area contributed by atoms with E-state index < -0.39 is 12.6 Å². The van der Waals surface area contributed by atoms with Gasteiger partial charge in [-0.3, -0.25) is 0 Å². The molecule has 1 nitrogen and oxygen atoms in total. The molecule has 0 saturated heterocycles. The average Bonchev–Trinajstić information content (AvgIpc) is 1.83. The molecule has 0 fully saturated rings. The number of hydrogen-bond acceptors (Lipinski definition) is 1. The first-order valence-corrected chi connectivity index (χ1v) is 4.19. The highest BCUT2D eigenvalue weighted by Gasteiger charge is 2.25. The van der Waals surface area contributed by atoms with Crippen LogP contribution in [0.15, 0.2) is 0 Å². The first-order chi connectivity index (χ1) is 5.42. The molecule has 13 heavy (non-hydrogen) atoms. The fourth-order valence-electron chi connectivity index (χ4n) is 0.746. The van der Waals surface area contributed by atoms with Crippen molar-refractivity contribution in [3.63, 3.8) is 0 Å². The van der Waals surface area contributed by atoms with Gasteiger partial charge in [0.05, 0.1) is 6.42 Å². The summed E-state index contributed by atoms with van der Waals surface area (Å²) in [7, 11) is 0. The van der Waals surface area contributed by atoms with E-state index in [-0.39, 0.29) is 19.0 Å². The third-order valence-corrected chi connectivity index (χ3v) is 1.48. The molecule has 0 amide bonds. The van der Waals surface area contributed by atoms with Crippen LogP contribution in [0.1, 0.15) is 26.7 Å². The number of halogens is 4. The van der Waals surface area contributed by atoms with Gasteiger partial charge in [0.25, 0.3) is 0 Å². The molecule has 0 aliphatic carbocycles. The molecule has 5 heteroatoms. The van der Waals surface area contributed by atoms with Crippen LogP contribution in [0.5, 0.6) is 0 Å². The molecule has 0 radical (unpaired) electrons. The zero-order valence-electron chi connectivity index (χ0n) is 7.95. The van der Waals surface area contributed by atoms with Crippen LogP contribution < -0.4 is 5.32 Å². The van der Waals surface area contributed by atoms with Gasteiger partial charge in [0.2, 0.25) is 0 Å². The van der Waals surface area contributed by atoms with Gasteiger partial charge in [-0.1, -0.05) is 13.8 Å². The molecule has 0 bridgehead atoms. The van der Waals surface area contributed by atoms with Gasteiger partial charge in [0.1, 0.15) is 0 Å². The molecule has 0 rings (SSSR count). The maximum atomic E-state index is 11.6. The van der Waals surface area contributed by atoms with Crippen LogP contribution in [0.3, 0.4) is 0 Å². The van der Waals surface area contributed by atoms with Gasteiger partial charge >= 0.3 is 6.18 Å². The Hall–Kier alpha value is 0.0400. The maximum Gasteiger partial charge on any atom is 0.390 e. The second-order valence-corrected chi connectivity index (χ2v) is 3.30. The standard InChI is InChI=1S/C8H16F3N.ClH/c1-7(2)3-5-12-6-4-8(9,10)11;/h7,12H,3-6H2,1-2H3;1H. The lowest BCUT2D eigenvalue weighted by atomic mass is 10.1. The summed E-state index contributed by atoms with van der Waals surface area (Å²) in [6, 6.07) is 0. The lowest BCUT2D eigenvalue weighted by Gasteiger charge is -2.08. The molecular weight excluding hydrogens is 203 g/mol. The van der Waals surface area contributed by atoms with Crippen molar-refractivity contribution in [2.24, 2.45) is 5.92 Å². The molecule has 0 aromatic carbocycles. The van der Waals surface area contributed by atoms with Gasteiger partial charge in [-0.05, 0) is 18.9 Å². The fraction of sp³-hybridized carbons (Fsp3) is 1.00. The quantitative estimate of drug-likeness (QED) is 0.701. The summed E-state index contributed by atoms with van der Waals surface area (Å²) >= 11 is 0. The zero-order valence-corrected chi connectivity index (χ0v) is 8.76. The highest BCUT2D eigenvalue weighted by Crippen LogP contribution is 2.18. The van der Waals surface area contributed by atoms with Crippen molar-refractivity contribution >= 4 is 12.4 Å². The highest BCUT2D eigenvalue weighted by molar-refractivity contribution is 5.85. The highest BCUT2D eigenvalue weighted by atomic mass is 35.5. The molecule has 0 heterocycles. The van der Waals surface area contributed by atoms with E-state index in [2.05, 4.69) is 5.32 Å².